The Morgan fingerprint density at radius 3 is 2.53 bits per heavy atom. The number of carbonyl (C=O) groups is 2. The molecule has 0 aromatic heterocycles. The molecule has 0 radical (unpaired) electrons. The number of halogens is 1. The average Bonchev–Trinajstić information content (AvgIpc) is 2.27. The second-order valence-electron chi connectivity index (χ2n) is 2.68. The zero-order valence-electron chi connectivity index (χ0n) is 8.24. The third-order valence-corrected chi connectivity index (χ3v) is 1.86. The van der Waals surface area contributed by atoms with Gasteiger partial charge in [-0.05, 0) is 12.1 Å². The largest absolute Gasteiger partial charge is 0.494 e. The summed E-state index contributed by atoms with van der Waals surface area (Å²) in [6, 6.07) is 2.06. The zero-order chi connectivity index (χ0) is 11.4. The lowest BCUT2D eigenvalue weighted by Gasteiger charge is -2.06. The van der Waals surface area contributed by atoms with Crippen LogP contribution in [0.2, 0.25) is 0 Å². The Morgan fingerprint density at radius 1 is 1.40 bits per heavy atom. The molecule has 1 aromatic rings. The molecular weight excluding hydrogens is 203 g/mol. The minimum absolute atomic E-state index is 0.0279. The summed E-state index contributed by atoms with van der Waals surface area (Å²) < 4.78 is 22.3. The second-order valence-corrected chi connectivity index (χ2v) is 2.68. The first kappa shape index (κ1) is 11.2. The topological polar surface area (TPSA) is 52.6 Å². The normalized spacial score (nSPS) is 9.53. The van der Waals surface area contributed by atoms with Gasteiger partial charge in [0.15, 0.2) is 17.9 Å². The van der Waals surface area contributed by atoms with Crippen molar-refractivity contribution in [1.82, 2.24) is 0 Å². The van der Waals surface area contributed by atoms with E-state index in [-0.39, 0.29) is 16.9 Å². The van der Waals surface area contributed by atoms with E-state index < -0.39 is 11.8 Å². The van der Waals surface area contributed by atoms with Crippen LogP contribution in [0.4, 0.5) is 4.39 Å². The molecule has 0 unspecified atom stereocenters. The van der Waals surface area contributed by atoms with E-state index in [9.17, 15) is 14.0 Å². The molecule has 0 aliphatic carbocycles. The standard InChI is InChI=1S/C10H9FO4/c1-14-9-3-6(5-12)7(4-8(9)11)10(13)15-2/h3-5H,1-2H3. The first-order valence-electron chi connectivity index (χ1n) is 4.05. The van der Waals surface area contributed by atoms with Crippen molar-refractivity contribution >= 4 is 12.3 Å². The fourth-order valence-electron chi connectivity index (χ4n) is 1.11. The molecule has 0 saturated carbocycles. The predicted molar refractivity (Wildman–Crippen MR) is 49.7 cm³/mol. The summed E-state index contributed by atoms with van der Waals surface area (Å²) in [5.41, 5.74) is -0.0918. The molecule has 0 aliphatic heterocycles. The van der Waals surface area contributed by atoms with Crippen molar-refractivity contribution in [2.45, 2.75) is 0 Å². The van der Waals surface area contributed by atoms with Crippen molar-refractivity contribution in [2.75, 3.05) is 14.2 Å². The first-order chi connectivity index (χ1) is 7.13. The van der Waals surface area contributed by atoms with Crippen LogP contribution in [0.5, 0.6) is 5.75 Å². The summed E-state index contributed by atoms with van der Waals surface area (Å²) in [5.74, 6) is -1.58. The highest BCUT2D eigenvalue weighted by molar-refractivity contribution is 5.98. The molecule has 0 heterocycles. The molecule has 80 valence electrons. The molecule has 0 bridgehead atoms. The molecule has 0 saturated heterocycles. The van der Waals surface area contributed by atoms with E-state index in [1.165, 1.54) is 7.11 Å². The summed E-state index contributed by atoms with van der Waals surface area (Å²) in [6.07, 6.45) is 0.439. The van der Waals surface area contributed by atoms with Crippen molar-refractivity contribution in [3.8, 4) is 5.75 Å². The summed E-state index contributed by atoms with van der Waals surface area (Å²) in [7, 11) is 2.42. The van der Waals surface area contributed by atoms with Crippen molar-refractivity contribution in [3.63, 3.8) is 0 Å². The Labute approximate surface area is 85.6 Å². The van der Waals surface area contributed by atoms with E-state index in [4.69, 9.17) is 0 Å². The van der Waals surface area contributed by atoms with Gasteiger partial charge in [-0.1, -0.05) is 0 Å². The van der Waals surface area contributed by atoms with Gasteiger partial charge in [-0.15, -0.1) is 0 Å². The number of esters is 1. The molecule has 5 heteroatoms. The number of ether oxygens (including phenoxy) is 2. The van der Waals surface area contributed by atoms with Gasteiger partial charge in [0.05, 0.1) is 19.8 Å². The predicted octanol–water partition coefficient (Wildman–Crippen LogP) is 1.43. The number of hydrogen-bond acceptors (Lipinski definition) is 4. The third kappa shape index (κ3) is 2.12. The van der Waals surface area contributed by atoms with Crippen molar-refractivity contribution in [3.05, 3.63) is 29.1 Å². The van der Waals surface area contributed by atoms with Crippen molar-refractivity contribution < 1.29 is 23.5 Å². The summed E-state index contributed by atoms with van der Waals surface area (Å²) in [4.78, 5) is 21.8. The highest BCUT2D eigenvalue weighted by atomic mass is 19.1. The van der Waals surface area contributed by atoms with Gasteiger partial charge in [0.25, 0.3) is 0 Å². The molecule has 0 aliphatic rings. The number of hydrogen-bond donors (Lipinski definition) is 0. The van der Waals surface area contributed by atoms with Gasteiger partial charge in [-0.25, -0.2) is 9.18 Å². The van der Waals surface area contributed by atoms with E-state index in [2.05, 4.69) is 9.47 Å². The molecule has 0 spiro atoms. The highest BCUT2D eigenvalue weighted by Crippen LogP contribution is 2.21. The highest BCUT2D eigenvalue weighted by Gasteiger charge is 2.16. The summed E-state index contributed by atoms with van der Waals surface area (Å²) in [6.45, 7) is 0. The van der Waals surface area contributed by atoms with Crippen LogP contribution >= 0.6 is 0 Å². The van der Waals surface area contributed by atoms with Crippen LogP contribution in [-0.4, -0.2) is 26.5 Å². The number of methoxy groups -OCH3 is 2. The molecule has 1 aromatic carbocycles. The van der Waals surface area contributed by atoms with Crippen LogP contribution < -0.4 is 4.74 Å². The molecule has 0 atom stereocenters. The number of carbonyl (C=O) groups excluding carboxylic acids is 2. The Morgan fingerprint density at radius 2 is 2.07 bits per heavy atom. The van der Waals surface area contributed by atoms with Gasteiger partial charge >= 0.3 is 5.97 Å². The van der Waals surface area contributed by atoms with Gasteiger partial charge in [-0.3, -0.25) is 4.79 Å². The lowest BCUT2D eigenvalue weighted by Crippen LogP contribution is -2.07. The Balaban J connectivity index is 3.33. The minimum Gasteiger partial charge on any atom is -0.494 e. The van der Waals surface area contributed by atoms with Crippen LogP contribution in [0.1, 0.15) is 20.7 Å². The Bertz CT molecular complexity index is 401. The van der Waals surface area contributed by atoms with Crippen LogP contribution in [0.3, 0.4) is 0 Å². The van der Waals surface area contributed by atoms with Crippen LogP contribution in [-0.2, 0) is 4.74 Å². The van der Waals surface area contributed by atoms with Gasteiger partial charge < -0.3 is 9.47 Å². The maximum absolute atomic E-state index is 13.2. The summed E-state index contributed by atoms with van der Waals surface area (Å²) in [5, 5.41) is 0. The summed E-state index contributed by atoms with van der Waals surface area (Å²) >= 11 is 0. The molecule has 15 heavy (non-hydrogen) atoms. The smallest absolute Gasteiger partial charge is 0.338 e. The van der Waals surface area contributed by atoms with Gasteiger partial charge in [0.2, 0.25) is 0 Å². The quantitative estimate of drug-likeness (QED) is 0.561. The molecule has 0 fully saturated rings. The average molecular weight is 212 g/mol. The van der Waals surface area contributed by atoms with Crippen molar-refractivity contribution in [2.24, 2.45) is 0 Å². The molecule has 0 N–H and O–H groups in total. The maximum Gasteiger partial charge on any atom is 0.338 e. The molecule has 0 amide bonds. The SMILES string of the molecule is COC(=O)c1cc(F)c(OC)cc1C=O. The van der Waals surface area contributed by atoms with E-state index in [0.717, 1.165) is 19.2 Å². The fourth-order valence-corrected chi connectivity index (χ4v) is 1.11. The monoisotopic (exact) mass is 212 g/mol. The minimum atomic E-state index is -0.765. The maximum atomic E-state index is 13.2. The molecule has 4 nitrogen and oxygen atoms in total. The van der Waals surface area contributed by atoms with Gasteiger partial charge in [0.1, 0.15) is 0 Å². The first-order valence-corrected chi connectivity index (χ1v) is 4.05. The molecule has 1 rings (SSSR count). The second kappa shape index (κ2) is 4.54. The zero-order valence-corrected chi connectivity index (χ0v) is 8.24. The number of rotatable bonds is 3. The van der Waals surface area contributed by atoms with E-state index in [1.54, 1.807) is 0 Å². The lowest BCUT2D eigenvalue weighted by molar-refractivity contribution is 0.0597. The van der Waals surface area contributed by atoms with Gasteiger partial charge in [-0.2, -0.15) is 0 Å². The fraction of sp³-hybridized carbons (Fsp3) is 0.200. The Kier molecular flexibility index (Phi) is 3.38. The Hall–Kier alpha value is -1.91. The molecular formula is C10H9FO4. The lowest BCUT2D eigenvalue weighted by atomic mass is 10.1. The van der Waals surface area contributed by atoms with Crippen LogP contribution in [0, 0.1) is 5.82 Å². The van der Waals surface area contributed by atoms with Crippen LogP contribution in [0.25, 0.3) is 0 Å². The number of benzene rings is 1. The van der Waals surface area contributed by atoms with E-state index in [0.29, 0.717) is 6.29 Å². The third-order valence-electron chi connectivity index (χ3n) is 1.86. The van der Waals surface area contributed by atoms with E-state index in [1.807, 2.05) is 0 Å². The van der Waals surface area contributed by atoms with Crippen molar-refractivity contribution in [1.29, 1.82) is 0 Å². The van der Waals surface area contributed by atoms with Gasteiger partial charge in [0, 0.05) is 5.56 Å². The van der Waals surface area contributed by atoms with E-state index >= 15 is 0 Å². The van der Waals surface area contributed by atoms with Crippen LogP contribution in [0.15, 0.2) is 12.1 Å². The number of aldehydes is 1.